The number of rotatable bonds is 7. The van der Waals surface area contributed by atoms with E-state index in [1.807, 2.05) is 6.92 Å². The third-order valence-electron chi connectivity index (χ3n) is 3.70. The summed E-state index contributed by atoms with van der Waals surface area (Å²) in [6.07, 6.45) is 0. The number of nitrogens with one attached hydrogen (secondary N) is 3. The normalized spacial score (nSPS) is 17.0. The Morgan fingerprint density at radius 3 is 2.52 bits per heavy atom. The fraction of sp³-hybridized carbons (Fsp3) is 0.500. The molecule has 0 spiro atoms. The van der Waals surface area contributed by atoms with Crippen molar-refractivity contribution >= 4 is 15.9 Å². The lowest BCUT2D eigenvalue weighted by atomic mass is 9.88. The smallest absolute Gasteiger partial charge is 0.240 e. The molecule has 3 N–H and O–H groups in total. The van der Waals surface area contributed by atoms with Gasteiger partial charge in [0.1, 0.15) is 0 Å². The molecule has 1 fully saturated rings. The molecule has 1 atom stereocenters. The second-order valence-electron chi connectivity index (χ2n) is 5.21. The molecule has 1 aliphatic heterocycles. The summed E-state index contributed by atoms with van der Waals surface area (Å²) in [7, 11) is -3.50. The molecule has 0 saturated carbocycles. The zero-order valence-electron chi connectivity index (χ0n) is 12.0. The lowest BCUT2D eigenvalue weighted by molar-refractivity contribution is -0.126. The van der Waals surface area contributed by atoms with Gasteiger partial charge < -0.3 is 10.6 Å². The first-order valence-corrected chi connectivity index (χ1v) is 8.52. The summed E-state index contributed by atoms with van der Waals surface area (Å²) in [5.41, 5.74) is 0. The van der Waals surface area contributed by atoms with Crippen molar-refractivity contribution in [1.29, 1.82) is 0 Å². The van der Waals surface area contributed by atoms with Gasteiger partial charge in [-0.15, -0.1) is 0 Å². The fourth-order valence-electron chi connectivity index (χ4n) is 2.09. The summed E-state index contributed by atoms with van der Waals surface area (Å²) in [5.74, 6) is 0.309. The molecular formula is C14H21N3O3S. The molecule has 2 rings (SSSR count). The Bertz CT molecular complexity index is 570. The highest BCUT2D eigenvalue weighted by atomic mass is 32.2. The van der Waals surface area contributed by atoms with E-state index in [1.165, 1.54) is 12.1 Å². The molecule has 0 bridgehead atoms. The first kappa shape index (κ1) is 15.9. The standard InChI is InChI=1S/C14H21N3O3S/c1-11(12-9-15-10-12)14(18)16-7-8-17-21(19,20)13-5-3-2-4-6-13/h2-6,11-12,15,17H,7-10H2,1H3,(H,16,18). The van der Waals surface area contributed by atoms with Crippen LogP contribution in [0.15, 0.2) is 35.2 Å². The van der Waals surface area contributed by atoms with E-state index in [0.29, 0.717) is 5.92 Å². The van der Waals surface area contributed by atoms with Crippen LogP contribution in [0, 0.1) is 11.8 Å². The monoisotopic (exact) mass is 311 g/mol. The molecule has 116 valence electrons. The second kappa shape index (κ2) is 7.02. The lowest BCUT2D eigenvalue weighted by Crippen LogP contribution is -2.50. The third-order valence-corrected chi connectivity index (χ3v) is 5.18. The number of carbonyl (C=O) groups excluding carboxylic acids is 1. The van der Waals surface area contributed by atoms with Crippen molar-refractivity contribution in [3.05, 3.63) is 30.3 Å². The van der Waals surface area contributed by atoms with Gasteiger partial charge in [-0.3, -0.25) is 4.79 Å². The van der Waals surface area contributed by atoms with Crippen molar-refractivity contribution in [3.8, 4) is 0 Å². The van der Waals surface area contributed by atoms with Gasteiger partial charge in [-0.1, -0.05) is 25.1 Å². The fourth-order valence-corrected chi connectivity index (χ4v) is 3.15. The van der Waals surface area contributed by atoms with E-state index in [2.05, 4.69) is 15.4 Å². The minimum absolute atomic E-state index is 0.0274. The van der Waals surface area contributed by atoms with Gasteiger partial charge in [0.25, 0.3) is 0 Å². The van der Waals surface area contributed by atoms with E-state index in [4.69, 9.17) is 0 Å². The maximum atomic E-state index is 11.9. The Morgan fingerprint density at radius 1 is 1.29 bits per heavy atom. The highest BCUT2D eigenvalue weighted by Crippen LogP contribution is 2.15. The summed E-state index contributed by atoms with van der Waals surface area (Å²) >= 11 is 0. The number of amides is 1. The van der Waals surface area contributed by atoms with Gasteiger partial charge in [0.15, 0.2) is 0 Å². The SMILES string of the molecule is CC(C(=O)NCCNS(=O)(=O)c1ccccc1)C1CNC1. The maximum Gasteiger partial charge on any atom is 0.240 e. The molecular weight excluding hydrogens is 290 g/mol. The van der Waals surface area contributed by atoms with E-state index in [-0.39, 0.29) is 29.8 Å². The van der Waals surface area contributed by atoms with Crippen LogP contribution in [0.25, 0.3) is 0 Å². The molecule has 1 heterocycles. The second-order valence-corrected chi connectivity index (χ2v) is 6.98. The highest BCUT2D eigenvalue weighted by molar-refractivity contribution is 7.89. The van der Waals surface area contributed by atoms with Crippen LogP contribution >= 0.6 is 0 Å². The van der Waals surface area contributed by atoms with Crippen molar-refractivity contribution in [1.82, 2.24) is 15.4 Å². The lowest BCUT2D eigenvalue weighted by Gasteiger charge is -2.31. The summed E-state index contributed by atoms with van der Waals surface area (Å²) in [6.45, 7) is 4.10. The van der Waals surface area contributed by atoms with Gasteiger partial charge in [0.2, 0.25) is 15.9 Å². The molecule has 0 radical (unpaired) electrons. The molecule has 1 saturated heterocycles. The minimum Gasteiger partial charge on any atom is -0.355 e. The summed E-state index contributed by atoms with van der Waals surface area (Å²) in [6, 6.07) is 8.17. The average Bonchev–Trinajstić information content (AvgIpc) is 2.42. The van der Waals surface area contributed by atoms with Gasteiger partial charge >= 0.3 is 0 Å². The van der Waals surface area contributed by atoms with E-state index in [9.17, 15) is 13.2 Å². The van der Waals surface area contributed by atoms with Crippen LogP contribution in [-0.2, 0) is 14.8 Å². The van der Waals surface area contributed by atoms with Crippen LogP contribution in [0.4, 0.5) is 0 Å². The van der Waals surface area contributed by atoms with Gasteiger partial charge in [-0.05, 0) is 31.1 Å². The zero-order valence-corrected chi connectivity index (χ0v) is 12.8. The van der Waals surface area contributed by atoms with Gasteiger partial charge in [0.05, 0.1) is 4.90 Å². The van der Waals surface area contributed by atoms with Crippen LogP contribution in [0.3, 0.4) is 0 Å². The largest absolute Gasteiger partial charge is 0.355 e. The van der Waals surface area contributed by atoms with Gasteiger partial charge in [-0.2, -0.15) is 0 Å². The Labute approximate surface area is 125 Å². The van der Waals surface area contributed by atoms with Crippen molar-refractivity contribution in [3.63, 3.8) is 0 Å². The van der Waals surface area contributed by atoms with Crippen molar-refractivity contribution in [2.24, 2.45) is 11.8 Å². The minimum atomic E-state index is -3.50. The van der Waals surface area contributed by atoms with E-state index >= 15 is 0 Å². The molecule has 1 unspecified atom stereocenters. The Kier molecular flexibility index (Phi) is 5.33. The quantitative estimate of drug-likeness (QED) is 0.616. The maximum absolute atomic E-state index is 11.9. The molecule has 0 aromatic heterocycles. The van der Waals surface area contributed by atoms with Gasteiger partial charge in [0, 0.05) is 19.0 Å². The highest BCUT2D eigenvalue weighted by Gasteiger charge is 2.28. The molecule has 1 amide bonds. The number of carbonyl (C=O) groups is 1. The van der Waals surface area contributed by atoms with Crippen molar-refractivity contribution < 1.29 is 13.2 Å². The predicted octanol–water partition coefficient (Wildman–Crippen LogP) is -0.0634. The molecule has 1 aromatic carbocycles. The topological polar surface area (TPSA) is 87.3 Å². The van der Waals surface area contributed by atoms with Gasteiger partial charge in [-0.25, -0.2) is 13.1 Å². The number of hydrogen-bond acceptors (Lipinski definition) is 4. The Hall–Kier alpha value is -1.44. The van der Waals surface area contributed by atoms with E-state index in [0.717, 1.165) is 13.1 Å². The molecule has 21 heavy (non-hydrogen) atoms. The van der Waals surface area contributed by atoms with E-state index in [1.54, 1.807) is 18.2 Å². The van der Waals surface area contributed by atoms with Crippen LogP contribution in [0.2, 0.25) is 0 Å². The molecule has 7 heteroatoms. The Morgan fingerprint density at radius 2 is 1.95 bits per heavy atom. The summed E-state index contributed by atoms with van der Waals surface area (Å²) < 4.78 is 26.4. The van der Waals surface area contributed by atoms with Crippen LogP contribution < -0.4 is 15.4 Å². The van der Waals surface area contributed by atoms with Crippen LogP contribution in [-0.4, -0.2) is 40.5 Å². The Balaban J connectivity index is 1.73. The summed E-state index contributed by atoms with van der Waals surface area (Å²) in [4.78, 5) is 12.1. The number of hydrogen-bond donors (Lipinski definition) is 3. The third kappa shape index (κ3) is 4.26. The zero-order chi connectivity index (χ0) is 15.3. The van der Waals surface area contributed by atoms with E-state index < -0.39 is 10.0 Å². The van der Waals surface area contributed by atoms with Crippen LogP contribution in [0.1, 0.15) is 6.92 Å². The first-order chi connectivity index (χ1) is 10.0. The van der Waals surface area contributed by atoms with Crippen molar-refractivity contribution in [2.75, 3.05) is 26.2 Å². The molecule has 0 aliphatic carbocycles. The number of benzene rings is 1. The molecule has 1 aliphatic rings. The average molecular weight is 311 g/mol. The predicted molar refractivity (Wildman–Crippen MR) is 80.2 cm³/mol. The molecule has 1 aromatic rings. The molecule has 6 nitrogen and oxygen atoms in total. The van der Waals surface area contributed by atoms with Crippen molar-refractivity contribution in [2.45, 2.75) is 11.8 Å². The van der Waals surface area contributed by atoms with Crippen LogP contribution in [0.5, 0.6) is 0 Å². The summed E-state index contributed by atoms with van der Waals surface area (Å²) in [5, 5.41) is 5.89. The first-order valence-electron chi connectivity index (χ1n) is 7.04. The number of sulfonamides is 1.